The molecule has 0 atom stereocenters. The molecule has 0 aromatic carbocycles. The molecule has 1 aliphatic carbocycles. The van der Waals surface area contributed by atoms with E-state index in [9.17, 15) is 4.79 Å². The van der Waals surface area contributed by atoms with Gasteiger partial charge in [-0.1, -0.05) is 36.6 Å². The Morgan fingerprint density at radius 3 is 2.55 bits per heavy atom. The lowest BCUT2D eigenvalue weighted by Crippen LogP contribution is -2.49. The molecule has 1 saturated carbocycles. The summed E-state index contributed by atoms with van der Waals surface area (Å²) < 4.78 is 5.09. The summed E-state index contributed by atoms with van der Waals surface area (Å²) in [6.07, 6.45) is 4.62. The van der Waals surface area contributed by atoms with E-state index >= 15 is 0 Å². The van der Waals surface area contributed by atoms with Gasteiger partial charge in [0.2, 0.25) is 5.91 Å². The third kappa shape index (κ3) is 2.70. The third-order valence-electron chi connectivity index (χ3n) is 4.22. The van der Waals surface area contributed by atoms with E-state index in [1.165, 1.54) is 0 Å². The molecule has 0 unspecified atom stereocenters. The second-order valence-electron chi connectivity index (χ2n) is 5.49. The van der Waals surface area contributed by atoms with Crippen LogP contribution in [0.1, 0.15) is 49.1 Å². The quantitative estimate of drug-likeness (QED) is 0.832. The molecule has 20 heavy (non-hydrogen) atoms. The van der Waals surface area contributed by atoms with Gasteiger partial charge in [0.1, 0.15) is 5.76 Å². The molecular formula is C14H21N3O2S. The van der Waals surface area contributed by atoms with Crippen LogP contribution in [0.4, 0.5) is 0 Å². The second kappa shape index (κ2) is 5.91. The van der Waals surface area contributed by atoms with E-state index in [-0.39, 0.29) is 5.91 Å². The van der Waals surface area contributed by atoms with Crippen molar-refractivity contribution < 1.29 is 9.32 Å². The highest BCUT2D eigenvalue weighted by Crippen LogP contribution is 2.37. The lowest BCUT2D eigenvalue weighted by molar-refractivity contribution is -0.129. The van der Waals surface area contributed by atoms with E-state index in [0.29, 0.717) is 11.5 Å². The van der Waals surface area contributed by atoms with Crippen LogP contribution < -0.4 is 11.1 Å². The number of nitrogens with zero attached hydrogens (tertiary/aromatic N) is 1. The smallest absolute Gasteiger partial charge is 0.233 e. The van der Waals surface area contributed by atoms with Crippen LogP contribution in [0.3, 0.4) is 0 Å². The van der Waals surface area contributed by atoms with Crippen LogP contribution in [0.15, 0.2) is 4.52 Å². The van der Waals surface area contributed by atoms with E-state index < -0.39 is 5.41 Å². The molecular weight excluding hydrogens is 274 g/mol. The third-order valence-corrected chi connectivity index (χ3v) is 4.61. The largest absolute Gasteiger partial charge is 0.392 e. The molecule has 1 heterocycles. The zero-order valence-electron chi connectivity index (χ0n) is 12.0. The number of thiocarbonyl (C=S) groups is 1. The Bertz CT molecular complexity index is 499. The summed E-state index contributed by atoms with van der Waals surface area (Å²) in [7, 11) is 0. The predicted octanol–water partition coefficient (Wildman–Crippen LogP) is 2.14. The van der Waals surface area contributed by atoms with Gasteiger partial charge in [-0.2, -0.15) is 0 Å². The highest BCUT2D eigenvalue weighted by atomic mass is 32.1. The van der Waals surface area contributed by atoms with Crippen LogP contribution in [0.5, 0.6) is 0 Å². The first-order chi connectivity index (χ1) is 9.47. The SMILES string of the molecule is Cc1noc(C)c1CNC(=O)C1(C(N)=S)CCCCC1. The summed E-state index contributed by atoms with van der Waals surface area (Å²) in [5, 5.41) is 6.83. The average Bonchev–Trinajstić information content (AvgIpc) is 2.76. The number of amides is 1. The Morgan fingerprint density at radius 2 is 2.05 bits per heavy atom. The van der Waals surface area contributed by atoms with Gasteiger partial charge >= 0.3 is 0 Å². The maximum atomic E-state index is 12.5. The van der Waals surface area contributed by atoms with Crippen LogP contribution in [-0.2, 0) is 11.3 Å². The first-order valence-corrected chi connectivity index (χ1v) is 7.38. The van der Waals surface area contributed by atoms with Crippen molar-refractivity contribution in [1.29, 1.82) is 0 Å². The fourth-order valence-corrected chi connectivity index (χ4v) is 3.13. The van der Waals surface area contributed by atoms with Crippen molar-refractivity contribution in [2.45, 2.75) is 52.5 Å². The van der Waals surface area contributed by atoms with Gasteiger partial charge in [-0.15, -0.1) is 0 Å². The summed E-state index contributed by atoms with van der Waals surface area (Å²) in [6, 6.07) is 0. The number of aryl methyl sites for hydroxylation is 2. The Kier molecular flexibility index (Phi) is 4.42. The number of carbonyl (C=O) groups is 1. The molecule has 0 bridgehead atoms. The Hall–Kier alpha value is -1.43. The molecule has 1 aromatic rings. The zero-order valence-corrected chi connectivity index (χ0v) is 12.8. The number of hydrogen-bond donors (Lipinski definition) is 2. The van der Waals surface area contributed by atoms with Crippen LogP contribution in [0, 0.1) is 19.3 Å². The molecule has 0 saturated heterocycles. The molecule has 1 amide bonds. The monoisotopic (exact) mass is 295 g/mol. The van der Waals surface area contributed by atoms with Crippen LogP contribution in [0.2, 0.25) is 0 Å². The van der Waals surface area contributed by atoms with Crippen molar-refractivity contribution in [3.8, 4) is 0 Å². The average molecular weight is 295 g/mol. The minimum atomic E-state index is -0.674. The predicted molar refractivity (Wildman–Crippen MR) is 80.1 cm³/mol. The molecule has 110 valence electrons. The van der Waals surface area contributed by atoms with Crippen molar-refractivity contribution in [2.24, 2.45) is 11.1 Å². The highest BCUT2D eigenvalue weighted by molar-refractivity contribution is 7.80. The van der Waals surface area contributed by atoms with E-state index in [1.54, 1.807) is 0 Å². The van der Waals surface area contributed by atoms with Gasteiger partial charge in [0, 0.05) is 12.1 Å². The maximum Gasteiger partial charge on any atom is 0.233 e. The van der Waals surface area contributed by atoms with Gasteiger partial charge in [-0.3, -0.25) is 4.79 Å². The number of rotatable bonds is 4. The second-order valence-corrected chi connectivity index (χ2v) is 5.93. The minimum absolute atomic E-state index is 0.0651. The molecule has 5 nitrogen and oxygen atoms in total. The summed E-state index contributed by atoms with van der Waals surface area (Å²) in [5.74, 6) is 0.667. The fraction of sp³-hybridized carbons (Fsp3) is 0.643. The molecule has 1 aliphatic rings. The van der Waals surface area contributed by atoms with Crippen LogP contribution in [-0.4, -0.2) is 16.1 Å². The minimum Gasteiger partial charge on any atom is -0.392 e. The van der Waals surface area contributed by atoms with E-state index in [4.69, 9.17) is 22.5 Å². The van der Waals surface area contributed by atoms with Gasteiger partial charge < -0.3 is 15.6 Å². The summed E-state index contributed by atoms with van der Waals surface area (Å²) in [5.41, 5.74) is 6.90. The molecule has 1 aromatic heterocycles. The molecule has 0 spiro atoms. The summed E-state index contributed by atoms with van der Waals surface area (Å²) in [6.45, 7) is 4.11. The van der Waals surface area contributed by atoms with E-state index in [2.05, 4.69) is 10.5 Å². The van der Waals surface area contributed by atoms with Crippen molar-refractivity contribution in [3.05, 3.63) is 17.0 Å². The van der Waals surface area contributed by atoms with Crippen LogP contribution in [0.25, 0.3) is 0 Å². The number of carbonyl (C=O) groups excluding carboxylic acids is 1. The first-order valence-electron chi connectivity index (χ1n) is 6.97. The van der Waals surface area contributed by atoms with Gasteiger partial charge in [0.05, 0.1) is 16.1 Å². The normalized spacial score (nSPS) is 17.7. The number of nitrogens with one attached hydrogen (secondary N) is 1. The summed E-state index contributed by atoms with van der Waals surface area (Å²) >= 11 is 5.16. The number of hydrogen-bond acceptors (Lipinski definition) is 4. The molecule has 3 N–H and O–H groups in total. The molecule has 1 fully saturated rings. The lowest BCUT2D eigenvalue weighted by atomic mass is 9.73. The van der Waals surface area contributed by atoms with E-state index in [0.717, 1.165) is 49.1 Å². The first kappa shape index (κ1) is 15.0. The Labute approximate surface area is 124 Å². The van der Waals surface area contributed by atoms with Crippen molar-refractivity contribution in [2.75, 3.05) is 0 Å². The topological polar surface area (TPSA) is 81.2 Å². The van der Waals surface area contributed by atoms with Crippen LogP contribution >= 0.6 is 12.2 Å². The van der Waals surface area contributed by atoms with Crippen molar-refractivity contribution in [1.82, 2.24) is 10.5 Å². The molecule has 2 rings (SSSR count). The number of nitrogens with two attached hydrogens (primary N) is 1. The van der Waals surface area contributed by atoms with Gasteiger partial charge in [0.25, 0.3) is 0 Å². The Morgan fingerprint density at radius 1 is 1.40 bits per heavy atom. The lowest BCUT2D eigenvalue weighted by Gasteiger charge is -2.34. The van der Waals surface area contributed by atoms with Crippen molar-refractivity contribution in [3.63, 3.8) is 0 Å². The maximum absolute atomic E-state index is 12.5. The molecule has 6 heteroatoms. The zero-order chi connectivity index (χ0) is 14.8. The van der Waals surface area contributed by atoms with E-state index in [1.807, 2.05) is 13.8 Å². The standard InChI is InChI=1S/C14H21N3O2S/c1-9-11(10(2)19-17-9)8-16-13(18)14(12(15)20)6-4-3-5-7-14/h3-8H2,1-2H3,(H2,15,20)(H,16,18). The fourth-order valence-electron chi connectivity index (χ4n) is 2.83. The van der Waals surface area contributed by atoms with Gasteiger partial charge in [-0.25, -0.2) is 0 Å². The molecule has 0 aliphatic heterocycles. The number of aromatic nitrogens is 1. The highest BCUT2D eigenvalue weighted by Gasteiger charge is 2.42. The van der Waals surface area contributed by atoms with Gasteiger partial charge in [0.15, 0.2) is 0 Å². The molecule has 0 radical (unpaired) electrons. The summed E-state index contributed by atoms with van der Waals surface area (Å²) in [4.78, 5) is 12.9. The van der Waals surface area contributed by atoms with Gasteiger partial charge in [-0.05, 0) is 26.7 Å². The Balaban J connectivity index is 2.08. The van der Waals surface area contributed by atoms with Crippen molar-refractivity contribution >= 4 is 23.1 Å².